The normalized spacial score (nSPS) is 19.8. The Balaban J connectivity index is 1.86. The van der Waals surface area contributed by atoms with Gasteiger partial charge in [0, 0.05) is 24.2 Å². The maximum Gasteiger partial charge on any atom is 0.275 e. The summed E-state index contributed by atoms with van der Waals surface area (Å²) in [5.74, 6) is -1.13. The second-order valence-corrected chi connectivity index (χ2v) is 6.33. The fraction of sp³-hybridized carbons (Fsp3) is 0.389. The van der Waals surface area contributed by atoms with E-state index in [2.05, 4.69) is 10.4 Å². The molecule has 2 unspecified atom stereocenters. The molecule has 0 saturated heterocycles. The summed E-state index contributed by atoms with van der Waals surface area (Å²) in [6.45, 7) is 1.91. The number of para-hydroxylation sites is 1. The number of aromatic nitrogens is 2. The number of nitrogens with one attached hydrogen (secondary N) is 1. The minimum Gasteiger partial charge on any atom is -0.393 e. The number of amides is 1. The smallest absolute Gasteiger partial charge is 0.275 e. The fourth-order valence-corrected chi connectivity index (χ4v) is 3.13. The number of hydrogen-bond donors (Lipinski definition) is 2. The predicted molar refractivity (Wildman–Crippen MR) is 90.2 cm³/mol. The molecular formula is C18H20FN3O3. The zero-order chi connectivity index (χ0) is 18.0. The Labute approximate surface area is 144 Å². The Morgan fingerprint density at radius 1 is 1.40 bits per heavy atom. The van der Waals surface area contributed by atoms with E-state index in [1.165, 1.54) is 22.9 Å². The summed E-state index contributed by atoms with van der Waals surface area (Å²) >= 11 is 0. The summed E-state index contributed by atoms with van der Waals surface area (Å²) in [5.41, 5.74) is -0.214. The molecular weight excluding hydrogens is 325 g/mol. The maximum absolute atomic E-state index is 14.0. The van der Waals surface area contributed by atoms with Gasteiger partial charge in [0.25, 0.3) is 5.91 Å². The van der Waals surface area contributed by atoms with Gasteiger partial charge in [0.05, 0.1) is 6.10 Å². The van der Waals surface area contributed by atoms with Crippen molar-refractivity contribution in [2.45, 2.75) is 32.3 Å². The number of aliphatic hydroxyl groups excluding tert-OH is 1. The summed E-state index contributed by atoms with van der Waals surface area (Å²) in [5, 5.41) is 16.5. The molecule has 132 valence electrons. The van der Waals surface area contributed by atoms with Crippen LogP contribution in [-0.4, -0.2) is 33.4 Å². The second kappa shape index (κ2) is 7.14. The number of nitrogens with zero attached hydrogens (tertiary/aromatic N) is 2. The van der Waals surface area contributed by atoms with E-state index in [9.17, 15) is 19.1 Å². The number of benzene rings is 1. The van der Waals surface area contributed by atoms with Crippen LogP contribution in [0.15, 0.2) is 35.1 Å². The Morgan fingerprint density at radius 3 is 2.84 bits per heavy atom. The van der Waals surface area contributed by atoms with Crippen LogP contribution in [0.25, 0.3) is 5.69 Å². The minimum absolute atomic E-state index is 0.0109. The van der Waals surface area contributed by atoms with Crippen LogP contribution in [0.1, 0.15) is 35.4 Å². The first-order valence-corrected chi connectivity index (χ1v) is 8.29. The lowest BCUT2D eigenvalue weighted by Gasteiger charge is -2.15. The summed E-state index contributed by atoms with van der Waals surface area (Å²) in [6.07, 6.45) is 2.05. The molecule has 1 amide bonds. The maximum atomic E-state index is 14.0. The molecule has 0 radical (unpaired) electrons. The van der Waals surface area contributed by atoms with Gasteiger partial charge in [-0.1, -0.05) is 18.6 Å². The molecule has 2 aromatic rings. The Bertz CT molecular complexity index is 850. The number of carbonyl (C=O) groups excluding carboxylic acids is 1. The van der Waals surface area contributed by atoms with E-state index >= 15 is 0 Å². The van der Waals surface area contributed by atoms with Gasteiger partial charge in [-0.15, -0.1) is 0 Å². The van der Waals surface area contributed by atoms with Crippen LogP contribution in [-0.2, 0) is 0 Å². The first kappa shape index (κ1) is 17.3. The molecule has 2 N–H and O–H groups in total. The number of aliphatic hydroxyl groups is 1. The molecule has 6 nitrogen and oxygen atoms in total. The van der Waals surface area contributed by atoms with E-state index in [4.69, 9.17) is 0 Å². The predicted octanol–water partition coefficient (Wildman–Crippen LogP) is 1.57. The first-order valence-electron chi connectivity index (χ1n) is 8.29. The van der Waals surface area contributed by atoms with Crippen LogP contribution in [0.3, 0.4) is 0 Å². The van der Waals surface area contributed by atoms with Crippen molar-refractivity contribution in [2.24, 2.45) is 5.92 Å². The van der Waals surface area contributed by atoms with Crippen LogP contribution < -0.4 is 10.7 Å². The van der Waals surface area contributed by atoms with Crippen LogP contribution >= 0.6 is 0 Å². The van der Waals surface area contributed by atoms with Crippen molar-refractivity contribution in [3.05, 3.63) is 57.8 Å². The van der Waals surface area contributed by atoms with Crippen molar-refractivity contribution < 1.29 is 14.3 Å². The molecule has 2 atom stereocenters. The zero-order valence-corrected chi connectivity index (χ0v) is 13.9. The Morgan fingerprint density at radius 2 is 2.16 bits per heavy atom. The lowest BCUT2D eigenvalue weighted by Crippen LogP contribution is -2.36. The van der Waals surface area contributed by atoms with Crippen molar-refractivity contribution >= 4 is 5.91 Å². The number of aryl methyl sites for hydroxylation is 1. The lowest BCUT2D eigenvalue weighted by atomic mass is 10.1. The highest BCUT2D eigenvalue weighted by Crippen LogP contribution is 2.24. The van der Waals surface area contributed by atoms with E-state index in [1.54, 1.807) is 19.1 Å². The Hall–Kier alpha value is -2.54. The van der Waals surface area contributed by atoms with Crippen molar-refractivity contribution in [3.8, 4) is 5.69 Å². The van der Waals surface area contributed by atoms with Gasteiger partial charge in [-0.05, 0) is 31.9 Å². The molecule has 0 aliphatic heterocycles. The van der Waals surface area contributed by atoms with E-state index in [1.807, 2.05) is 0 Å². The van der Waals surface area contributed by atoms with Crippen LogP contribution in [0.2, 0.25) is 0 Å². The summed E-state index contributed by atoms with van der Waals surface area (Å²) in [6, 6.07) is 7.28. The number of rotatable bonds is 4. The fourth-order valence-electron chi connectivity index (χ4n) is 3.13. The largest absolute Gasteiger partial charge is 0.393 e. The Kier molecular flexibility index (Phi) is 4.94. The molecule has 0 spiro atoms. The summed E-state index contributed by atoms with van der Waals surface area (Å²) < 4.78 is 15.3. The third-order valence-corrected chi connectivity index (χ3v) is 4.55. The van der Waals surface area contributed by atoms with Gasteiger partial charge in [0.1, 0.15) is 11.5 Å². The van der Waals surface area contributed by atoms with Crippen molar-refractivity contribution in [3.63, 3.8) is 0 Å². The van der Waals surface area contributed by atoms with E-state index in [0.717, 1.165) is 19.3 Å². The standard InChI is InChI=1S/C18H20FN3O3/c1-11-9-16(24)17(18(25)20-10-12-5-4-8-15(12)23)21-22(11)14-7-3-2-6-13(14)19/h2-3,6-7,9,12,15,23H,4-5,8,10H2,1H3,(H,20,25). The van der Waals surface area contributed by atoms with Gasteiger partial charge in [-0.3, -0.25) is 9.59 Å². The monoisotopic (exact) mass is 345 g/mol. The van der Waals surface area contributed by atoms with Gasteiger partial charge in [0.2, 0.25) is 5.43 Å². The van der Waals surface area contributed by atoms with E-state index in [-0.39, 0.29) is 23.8 Å². The topological polar surface area (TPSA) is 84.2 Å². The molecule has 1 aliphatic carbocycles. The van der Waals surface area contributed by atoms with Crippen LogP contribution in [0, 0.1) is 18.7 Å². The lowest BCUT2D eigenvalue weighted by molar-refractivity contribution is 0.0909. The molecule has 1 aromatic heterocycles. The van der Waals surface area contributed by atoms with E-state index in [0.29, 0.717) is 5.69 Å². The molecule has 1 saturated carbocycles. The van der Waals surface area contributed by atoms with Crippen LogP contribution in [0.4, 0.5) is 4.39 Å². The third-order valence-electron chi connectivity index (χ3n) is 4.55. The molecule has 7 heteroatoms. The number of halogens is 1. The quantitative estimate of drug-likeness (QED) is 0.881. The molecule has 0 bridgehead atoms. The molecule has 1 heterocycles. The number of carbonyl (C=O) groups is 1. The number of hydrogen-bond acceptors (Lipinski definition) is 4. The average Bonchev–Trinajstić information content (AvgIpc) is 2.99. The van der Waals surface area contributed by atoms with Gasteiger partial charge >= 0.3 is 0 Å². The van der Waals surface area contributed by atoms with Gasteiger partial charge in [0.15, 0.2) is 5.69 Å². The highest BCUT2D eigenvalue weighted by Gasteiger charge is 2.26. The summed E-state index contributed by atoms with van der Waals surface area (Å²) in [7, 11) is 0. The highest BCUT2D eigenvalue weighted by molar-refractivity contribution is 5.92. The van der Waals surface area contributed by atoms with Crippen molar-refractivity contribution in [1.29, 1.82) is 0 Å². The first-order chi connectivity index (χ1) is 12.0. The zero-order valence-electron chi connectivity index (χ0n) is 13.9. The average molecular weight is 345 g/mol. The molecule has 1 fully saturated rings. The molecule has 1 aliphatic rings. The second-order valence-electron chi connectivity index (χ2n) is 6.33. The minimum atomic E-state index is -0.616. The van der Waals surface area contributed by atoms with Crippen molar-refractivity contribution in [2.75, 3.05) is 6.54 Å². The van der Waals surface area contributed by atoms with Gasteiger partial charge < -0.3 is 10.4 Å². The third kappa shape index (κ3) is 3.61. The van der Waals surface area contributed by atoms with Gasteiger partial charge in [-0.2, -0.15) is 5.10 Å². The highest BCUT2D eigenvalue weighted by atomic mass is 19.1. The SMILES string of the molecule is Cc1cc(=O)c(C(=O)NCC2CCCC2O)nn1-c1ccccc1F. The van der Waals surface area contributed by atoms with Crippen LogP contribution in [0.5, 0.6) is 0 Å². The van der Waals surface area contributed by atoms with Gasteiger partial charge in [-0.25, -0.2) is 9.07 Å². The summed E-state index contributed by atoms with van der Waals surface area (Å²) in [4.78, 5) is 24.5. The van der Waals surface area contributed by atoms with E-state index < -0.39 is 23.3 Å². The molecule has 3 rings (SSSR count). The van der Waals surface area contributed by atoms with Crippen molar-refractivity contribution in [1.82, 2.24) is 15.1 Å². The molecule has 25 heavy (non-hydrogen) atoms. The molecule has 1 aromatic carbocycles.